The zero-order valence-corrected chi connectivity index (χ0v) is 26.5. The third-order valence-electron chi connectivity index (χ3n) is 7.67. The molecule has 0 spiro atoms. The maximum Gasteiger partial charge on any atom is 0.264 e. The summed E-state index contributed by atoms with van der Waals surface area (Å²) in [7, 11) is -1.21. The number of hydrogen-bond donors (Lipinski definition) is 1. The van der Waals surface area contributed by atoms with Gasteiger partial charge in [0.1, 0.15) is 24.1 Å². The second-order valence-electron chi connectivity index (χ2n) is 10.7. The third kappa shape index (κ3) is 7.80. The van der Waals surface area contributed by atoms with Crippen molar-refractivity contribution in [2.45, 2.75) is 63.1 Å². The van der Waals surface area contributed by atoms with Crippen molar-refractivity contribution in [3.63, 3.8) is 0 Å². The molecule has 4 rings (SSSR count). The van der Waals surface area contributed by atoms with Gasteiger partial charge in [-0.2, -0.15) is 0 Å². The Balaban J connectivity index is 1.72. The highest BCUT2D eigenvalue weighted by molar-refractivity contribution is 7.92. The summed E-state index contributed by atoms with van der Waals surface area (Å²) >= 11 is 6.39. The summed E-state index contributed by atoms with van der Waals surface area (Å²) in [6.45, 7) is 3.02. The molecular formula is C32H38ClN3O6S. The van der Waals surface area contributed by atoms with Gasteiger partial charge in [0, 0.05) is 12.6 Å². The van der Waals surface area contributed by atoms with E-state index in [2.05, 4.69) is 5.32 Å². The highest BCUT2D eigenvalue weighted by Crippen LogP contribution is 2.32. The van der Waals surface area contributed by atoms with Crippen LogP contribution in [0.25, 0.3) is 0 Å². The van der Waals surface area contributed by atoms with Crippen molar-refractivity contribution in [2.75, 3.05) is 25.1 Å². The van der Waals surface area contributed by atoms with Gasteiger partial charge in [0.05, 0.1) is 29.8 Å². The molecule has 1 saturated carbocycles. The molecule has 3 aromatic rings. The predicted molar refractivity (Wildman–Crippen MR) is 167 cm³/mol. The van der Waals surface area contributed by atoms with Crippen LogP contribution in [-0.2, 0) is 26.2 Å². The Kier molecular flexibility index (Phi) is 10.6. The number of benzene rings is 3. The van der Waals surface area contributed by atoms with Crippen LogP contribution < -0.4 is 19.1 Å². The number of sulfonamides is 1. The lowest BCUT2D eigenvalue weighted by molar-refractivity contribution is -0.139. The van der Waals surface area contributed by atoms with E-state index in [1.807, 2.05) is 13.0 Å². The Morgan fingerprint density at radius 3 is 2.33 bits per heavy atom. The van der Waals surface area contributed by atoms with Crippen LogP contribution in [0.1, 0.15) is 43.7 Å². The number of anilines is 1. The number of nitrogens with zero attached hydrogens (tertiary/aromatic N) is 2. The lowest BCUT2D eigenvalue weighted by Gasteiger charge is -2.32. The van der Waals surface area contributed by atoms with Gasteiger partial charge in [-0.15, -0.1) is 0 Å². The molecule has 2 amide bonds. The van der Waals surface area contributed by atoms with E-state index in [0.29, 0.717) is 11.5 Å². The Bertz CT molecular complexity index is 1540. The lowest BCUT2D eigenvalue weighted by Crippen LogP contribution is -2.52. The standard InChI is InChI=1S/C32H38ClN3O6S/c1-22-12-15-28(16-13-22)43(39,40)36(26-14-17-30(42-4)29(33)19-26)21-31(37)35(20-24-8-7-11-27(18-24)41-3)23(2)32(38)34-25-9-5-6-10-25/h7-8,11-19,23,25H,5-6,9-10,20-21H2,1-4H3,(H,34,38)/t23-/m0/s1. The van der Waals surface area contributed by atoms with Crippen molar-refractivity contribution >= 4 is 39.1 Å². The number of amides is 2. The van der Waals surface area contributed by atoms with E-state index in [1.165, 1.54) is 36.3 Å². The number of rotatable bonds is 12. The third-order valence-corrected chi connectivity index (χ3v) is 9.75. The van der Waals surface area contributed by atoms with Crippen LogP contribution in [0.5, 0.6) is 11.5 Å². The van der Waals surface area contributed by atoms with Crippen molar-refractivity contribution in [3.8, 4) is 11.5 Å². The van der Waals surface area contributed by atoms with E-state index in [0.717, 1.165) is 41.1 Å². The van der Waals surface area contributed by atoms with Crippen molar-refractivity contribution in [2.24, 2.45) is 0 Å². The van der Waals surface area contributed by atoms with Gasteiger partial charge in [0.15, 0.2) is 0 Å². The van der Waals surface area contributed by atoms with Crippen molar-refractivity contribution in [3.05, 3.63) is 82.9 Å². The molecule has 0 unspecified atom stereocenters. The quantitative estimate of drug-likeness (QED) is 0.291. The van der Waals surface area contributed by atoms with Crippen LogP contribution in [0.2, 0.25) is 5.02 Å². The van der Waals surface area contributed by atoms with Gasteiger partial charge in [-0.25, -0.2) is 8.42 Å². The fraction of sp³-hybridized carbons (Fsp3) is 0.375. The molecule has 0 aromatic heterocycles. The Morgan fingerprint density at radius 2 is 1.70 bits per heavy atom. The van der Waals surface area contributed by atoms with E-state index in [4.69, 9.17) is 21.1 Å². The molecule has 0 radical (unpaired) electrons. The minimum atomic E-state index is -4.22. The van der Waals surface area contributed by atoms with Gasteiger partial charge in [-0.3, -0.25) is 13.9 Å². The predicted octanol–water partition coefficient (Wildman–Crippen LogP) is 5.34. The fourth-order valence-electron chi connectivity index (χ4n) is 5.12. The second kappa shape index (κ2) is 14.1. The van der Waals surface area contributed by atoms with Gasteiger partial charge in [0.2, 0.25) is 11.8 Å². The first-order chi connectivity index (χ1) is 20.5. The average Bonchev–Trinajstić information content (AvgIpc) is 3.51. The van der Waals surface area contributed by atoms with Crippen LogP contribution in [0.3, 0.4) is 0 Å². The van der Waals surface area contributed by atoms with E-state index in [1.54, 1.807) is 50.4 Å². The summed E-state index contributed by atoms with van der Waals surface area (Å²) in [4.78, 5) is 29.0. The second-order valence-corrected chi connectivity index (χ2v) is 13.0. The molecule has 0 heterocycles. The van der Waals surface area contributed by atoms with E-state index < -0.39 is 28.5 Å². The van der Waals surface area contributed by atoms with Gasteiger partial charge in [-0.1, -0.05) is 54.3 Å². The highest BCUT2D eigenvalue weighted by Gasteiger charge is 2.33. The van der Waals surface area contributed by atoms with E-state index >= 15 is 0 Å². The van der Waals surface area contributed by atoms with Crippen LogP contribution in [0.4, 0.5) is 5.69 Å². The van der Waals surface area contributed by atoms with E-state index in [9.17, 15) is 18.0 Å². The van der Waals surface area contributed by atoms with Gasteiger partial charge >= 0.3 is 0 Å². The van der Waals surface area contributed by atoms with Crippen LogP contribution in [-0.4, -0.2) is 58.0 Å². The number of halogens is 1. The number of ether oxygens (including phenoxy) is 2. The molecule has 11 heteroatoms. The first-order valence-corrected chi connectivity index (χ1v) is 16.0. The number of aryl methyl sites for hydroxylation is 1. The first-order valence-electron chi connectivity index (χ1n) is 14.2. The molecule has 1 atom stereocenters. The lowest BCUT2D eigenvalue weighted by atomic mass is 10.1. The summed E-state index contributed by atoms with van der Waals surface area (Å²) in [5.41, 5.74) is 1.80. The number of carbonyl (C=O) groups is 2. The Labute approximate surface area is 258 Å². The van der Waals surface area contributed by atoms with Gasteiger partial charge in [-0.05, 0) is 74.7 Å². The van der Waals surface area contributed by atoms with E-state index in [-0.39, 0.29) is 34.1 Å². The number of methoxy groups -OCH3 is 2. The molecule has 9 nitrogen and oxygen atoms in total. The van der Waals surface area contributed by atoms with Gasteiger partial charge in [0.25, 0.3) is 10.0 Å². The smallest absolute Gasteiger partial charge is 0.264 e. The normalized spacial score (nSPS) is 14.2. The highest BCUT2D eigenvalue weighted by atomic mass is 35.5. The Morgan fingerprint density at radius 1 is 1.00 bits per heavy atom. The number of carbonyl (C=O) groups excluding carboxylic acids is 2. The topological polar surface area (TPSA) is 105 Å². The summed E-state index contributed by atoms with van der Waals surface area (Å²) in [5, 5.41) is 3.26. The van der Waals surface area contributed by atoms with Gasteiger partial charge < -0.3 is 19.7 Å². The zero-order chi connectivity index (χ0) is 31.1. The molecule has 1 aliphatic carbocycles. The number of hydrogen-bond acceptors (Lipinski definition) is 6. The average molecular weight is 628 g/mol. The molecule has 0 bridgehead atoms. The SMILES string of the molecule is COc1cccc(CN(C(=O)CN(c2ccc(OC)c(Cl)c2)S(=O)(=O)c2ccc(C)cc2)[C@@H](C)C(=O)NC2CCCC2)c1. The molecule has 1 fully saturated rings. The molecule has 0 saturated heterocycles. The largest absolute Gasteiger partial charge is 0.497 e. The zero-order valence-electron chi connectivity index (χ0n) is 24.9. The molecule has 1 aliphatic rings. The summed E-state index contributed by atoms with van der Waals surface area (Å²) in [6, 6.07) is 17.3. The first kappa shape index (κ1) is 32.2. The molecule has 43 heavy (non-hydrogen) atoms. The molecule has 1 N–H and O–H groups in total. The minimum absolute atomic E-state index is 0.0178. The minimum Gasteiger partial charge on any atom is -0.497 e. The maximum absolute atomic E-state index is 14.2. The molecular weight excluding hydrogens is 590 g/mol. The van der Waals surface area contributed by atoms with Crippen molar-refractivity contribution in [1.29, 1.82) is 0 Å². The summed E-state index contributed by atoms with van der Waals surface area (Å²) in [6.07, 6.45) is 3.87. The molecule has 0 aliphatic heterocycles. The number of nitrogens with one attached hydrogen (secondary N) is 1. The van der Waals surface area contributed by atoms with Crippen LogP contribution in [0.15, 0.2) is 71.6 Å². The monoisotopic (exact) mass is 627 g/mol. The van der Waals surface area contributed by atoms with Crippen molar-refractivity contribution in [1.82, 2.24) is 10.2 Å². The fourth-order valence-corrected chi connectivity index (χ4v) is 6.78. The summed E-state index contributed by atoms with van der Waals surface area (Å²) in [5.74, 6) is 0.119. The van der Waals surface area contributed by atoms with Crippen LogP contribution in [0, 0.1) is 6.92 Å². The summed E-state index contributed by atoms with van der Waals surface area (Å²) < 4.78 is 39.7. The maximum atomic E-state index is 14.2. The van der Waals surface area contributed by atoms with Crippen molar-refractivity contribution < 1.29 is 27.5 Å². The molecule has 230 valence electrons. The molecule has 3 aromatic carbocycles. The van der Waals surface area contributed by atoms with Crippen LogP contribution >= 0.6 is 11.6 Å². The Hall–Kier alpha value is -3.76.